The Morgan fingerprint density at radius 1 is 1.58 bits per heavy atom. The molecule has 3 heteroatoms. The number of hydrogen-bond acceptors (Lipinski definition) is 2. The number of rotatable bonds is 2. The van der Waals surface area contributed by atoms with Gasteiger partial charge in [0.2, 0.25) is 0 Å². The Bertz CT molecular complexity index is 318. The Labute approximate surface area is 75.9 Å². The van der Waals surface area contributed by atoms with Crippen LogP contribution in [0.3, 0.4) is 0 Å². The van der Waals surface area contributed by atoms with Gasteiger partial charge < -0.3 is 0 Å². The third kappa shape index (κ3) is 2.22. The minimum absolute atomic E-state index is 0.113. The summed E-state index contributed by atoms with van der Waals surface area (Å²) >= 11 is 4.45. The van der Waals surface area contributed by atoms with Crippen LogP contribution in [-0.4, -0.2) is 5.16 Å². The van der Waals surface area contributed by atoms with Crippen molar-refractivity contribution in [2.24, 2.45) is 4.99 Å². The van der Waals surface area contributed by atoms with Gasteiger partial charge in [-0.05, 0) is 36.8 Å². The van der Waals surface area contributed by atoms with Gasteiger partial charge in [0.15, 0.2) is 0 Å². The number of isothiocyanates is 1. The predicted octanol–water partition coefficient (Wildman–Crippen LogP) is 2.99. The fourth-order valence-corrected chi connectivity index (χ4v) is 1.08. The van der Waals surface area contributed by atoms with Gasteiger partial charge in [-0.2, -0.15) is 0 Å². The monoisotopic (exact) mass is 181 g/mol. The summed E-state index contributed by atoms with van der Waals surface area (Å²) in [5.41, 5.74) is 0.812. The van der Waals surface area contributed by atoms with E-state index in [-0.39, 0.29) is 11.9 Å². The molecule has 0 saturated heterocycles. The van der Waals surface area contributed by atoms with Gasteiger partial charge in [0.1, 0.15) is 5.82 Å². The predicted molar refractivity (Wildman–Crippen MR) is 49.8 cm³/mol. The molecule has 0 spiro atoms. The van der Waals surface area contributed by atoms with E-state index >= 15 is 0 Å². The first kappa shape index (κ1) is 9.04. The van der Waals surface area contributed by atoms with Crippen molar-refractivity contribution < 1.29 is 4.39 Å². The normalized spacial score (nSPS) is 11.8. The highest BCUT2D eigenvalue weighted by Gasteiger charge is 2.02. The van der Waals surface area contributed by atoms with Crippen LogP contribution in [0, 0.1) is 5.82 Å². The molecular formula is C9H8FNS. The summed E-state index contributed by atoms with van der Waals surface area (Å²) in [4.78, 5) is 3.83. The Morgan fingerprint density at radius 2 is 2.33 bits per heavy atom. The van der Waals surface area contributed by atoms with Crippen LogP contribution in [0.4, 0.5) is 4.39 Å². The Hall–Kier alpha value is -1.05. The quantitative estimate of drug-likeness (QED) is 0.504. The van der Waals surface area contributed by atoms with Crippen molar-refractivity contribution in [2.45, 2.75) is 13.0 Å². The minimum Gasteiger partial charge on any atom is -0.225 e. The van der Waals surface area contributed by atoms with Crippen LogP contribution >= 0.6 is 12.2 Å². The third-order valence-corrected chi connectivity index (χ3v) is 1.68. The van der Waals surface area contributed by atoms with Crippen molar-refractivity contribution in [2.75, 3.05) is 0 Å². The summed E-state index contributed by atoms with van der Waals surface area (Å²) in [6.45, 7) is 1.84. The van der Waals surface area contributed by atoms with Crippen molar-refractivity contribution in [3.05, 3.63) is 35.6 Å². The summed E-state index contributed by atoms with van der Waals surface area (Å²) in [6, 6.07) is 6.19. The maximum absolute atomic E-state index is 12.7. The van der Waals surface area contributed by atoms with E-state index in [4.69, 9.17) is 0 Å². The molecule has 1 nitrogen and oxygen atoms in total. The lowest BCUT2D eigenvalue weighted by molar-refractivity contribution is 0.622. The minimum atomic E-state index is -0.251. The fourth-order valence-electron chi connectivity index (χ4n) is 0.920. The van der Waals surface area contributed by atoms with E-state index < -0.39 is 0 Å². The van der Waals surface area contributed by atoms with Gasteiger partial charge >= 0.3 is 0 Å². The molecule has 0 saturated carbocycles. The second-order valence-corrected chi connectivity index (χ2v) is 2.63. The molecule has 1 rings (SSSR count). The summed E-state index contributed by atoms with van der Waals surface area (Å²) in [5.74, 6) is -0.251. The van der Waals surface area contributed by atoms with E-state index in [1.165, 1.54) is 12.1 Å². The second-order valence-electron chi connectivity index (χ2n) is 2.45. The van der Waals surface area contributed by atoms with Gasteiger partial charge in [0, 0.05) is 0 Å². The van der Waals surface area contributed by atoms with Gasteiger partial charge in [0.05, 0.1) is 11.2 Å². The van der Waals surface area contributed by atoms with Crippen LogP contribution < -0.4 is 0 Å². The SMILES string of the molecule is C[C@@H](N=C=S)c1cccc(F)c1. The van der Waals surface area contributed by atoms with Crippen molar-refractivity contribution in [3.63, 3.8) is 0 Å². The van der Waals surface area contributed by atoms with E-state index in [9.17, 15) is 4.39 Å². The van der Waals surface area contributed by atoms with Gasteiger partial charge in [-0.25, -0.2) is 9.38 Å². The zero-order chi connectivity index (χ0) is 8.97. The second kappa shape index (κ2) is 4.10. The van der Waals surface area contributed by atoms with Gasteiger partial charge in [-0.1, -0.05) is 12.1 Å². The molecular weight excluding hydrogens is 173 g/mol. The highest BCUT2D eigenvalue weighted by Crippen LogP contribution is 2.16. The lowest BCUT2D eigenvalue weighted by Crippen LogP contribution is -1.89. The molecule has 12 heavy (non-hydrogen) atoms. The Morgan fingerprint density at radius 3 is 2.92 bits per heavy atom. The molecule has 0 amide bonds. The van der Waals surface area contributed by atoms with E-state index in [1.807, 2.05) is 13.0 Å². The molecule has 1 atom stereocenters. The van der Waals surface area contributed by atoms with Crippen LogP contribution in [0.2, 0.25) is 0 Å². The molecule has 0 aromatic heterocycles. The van der Waals surface area contributed by atoms with Gasteiger partial charge in [-0.3, -0.25) is 0 Å². The summed E-state index contributed by atoms with van der Waals surface area (Å²) in [6.07, 6.45) is 0. The Balaban J connectivity index is 2.94. The first-order chi connectivity index (χ1) is 5.74. The molecule has 0 unspecified atom stereocenters. The first-order valence-electron chi connectivity index (χ1n) is 3.56. The number of thiocarbonyl (C=S) groups is 1. The summed E-state index contributed by atoms with van der Waals surface area (Å²) in [7, 11) is 0. The lowest BCUT2D eigenvalue weighted by Gasteiger charge is -2.03. The average molecular weight is 181 g/mol. The molecule has 0 N–H and O–H groups in total. The van der Waals surface area contributed by atoms with Crippen LogP contribution in [0.5, 0.6) is 0 Å². The van der Waals surface area contributed by atoms with E-state index in [1.54, 1.807) is 6.07 Å². The van der Waals surface area contributed by atoms with Gasteiger partial charge in [0.25, 0.3) is 0 Å². The summed E-state index contributed by atoms with van der Waals surface area (Å²) in [5, 5.41) is 2.27. The standard InChI is InChI=1S/C9H8FNS/c1-7(11-6-12)8-3-2-4-9(10)5-8/h2-5,7H,1H3/t7-/m1/s1. The molecule has 1 aromatic carbocycles. The van der Waals surface area contributed by atoms with Crippen LogP contribution in [0.25, 0.3) is 0 Å². The topological polar surface area (TPSA) is 12.4 Å². The Kier molecular flexibility index (Phi) is 3.09. The largest absolute Gasteiger partial charge is 0.225 e. The van der Waals surface area contributed by atoms with Crippen LogP contribution in [0.15, 0.2) is 29.3 Å². The molecule has 0 radical (unpaired) electrons. The third-order valence-electron chi connectivity index (χ3n) is 1.58. The zero-order valence-electron chi connectivity index (χ0n) is 6.62. The van der Waals surface area contributed by atoms with Crippen molar-refractivity contribution in [3.8, 4) is 0 Å². The molecule has 0 bridgehead atoms. The fraction of sp³-hybridized carbons (Fsp3) is 0.222. The molecule has 0 heterocycles. The van der Waals surface area contributed by atoms with Gasteiger partial charge in [-0.15, -0.1) is 0 Å². The van der Waals surface area contributed by atoms with Crippen LogP contribution in [-0.2, 0) is 0 Å². The molecule has 1 aromatic rings. The summed E-state index contributed by atoms with van der Waals surface area (Å²) < 4.78 is 12.7. The average Bonchev–Trinajstić information content (AvgIpc) is 2.05. The van der Waals surface area contributed by atoms with E-state index in [0.29, 0.717) is 0 Å². The van der Waals surface area contributed by atoms with Crippen LogP contribution in [0.1, 0.15) is 18.5 Å². The van der Waals surface area contributed by atoms with E-state index in [2.05, 4.69) is 22.4 Å². The highest BCUT2D eigenvalue weighted by molar-refractivity contribution is 7.78. The molecule has 62 valence electrons. The highest BCUT2D eigenvalue weighted by atomic mass is 32.1. The number of benzene rings is 1. The number of hydrogen-bond donors (Lipinski definition) is 0. The molecule has 0 aliphatic rings. The molecule has 0 aliphatic carbocycles. The first-order valence-corrected chi connectivity index (χ1v) is 3.97. The molecule has 0 aliphatic heterocycles. The zero-order valence-corrected chi connectivity index (χ0v) is 7.44. The number of aliphatic imine (C=N–C) groups is 1. The molecule has 0 fully saturated rings. The smallest absolute Gasteiger partial charge is 0.123 e. The van der Waals surface area contributed by atoms with Crippen molar-refractivity contribution >= 4 is 17.4 Å². The maximum atomic E-state index is 12.7. The van der Waals surface area contributed by atoms with Crippen molar-refractivity contribution in [1.29, 1.82) is 0 Å². The number of nitrogens with zero attached hydrogens (tertiary/aromatic N) is 1. The lowest BCUT2D eigenvalue weighted by atomic mass is 10.1. The van der Waals surface area contributed by atoms with Crippen molar-refractivity contribution in [1.82, 2.24) is 0 Å². The van der Waals surface area contributed by atoms with E-state index in [0.717, 1.165) is 5.56 Å². The maximum Gasteiger partial charge on any atom is 0.123 e. The number of halogens is 1.